The zero-order chi connectivity index (χ0) is 13.2. The first kappa shape index (κ1) is 12.3. The molecule has 1 saturated heterocycles. The van der Waals surface area contributed by atoms with Gasteiger partial charge in [-0.15, -0.1) is 0 Å². The van der Waals surface area contributed by atoms with Crippen LogP contribution >= 0.6 is 0 Å². The molecule has 0 spiro atoms. The summed E-state index contributed by atoms with van der Waals surface area (Å²) in [6.45, 7) is 1.91. The number of hydrogen-bond acceptors (Lipinski definition) is 4. The van der Waals surface area contributed by atoms with Crippen molar-refractivity contribution in [2.24, 2.45) is 0 Å². The number of carbonyl (C=O) groups excluding carboxylic acids is 1. The minimum Gasteiger partial charge on any atom is -0.393 e. The van der Waals surface area contributed by atoms with Gasteiger partial charge in [-0.3, -0.25) is 4.79 Å². The Bertz CT molecular complexity index is 470. The van der Waals surface area contributed by atoms with Crippen molar-refractivity contribution in [3.63, 3.8) is 0 Å². The van der Waals surface area contributed by atoms with Crippen LogP contribution in [0.2, 0.25) is 0 Å². The molecule has 1 aromatic carbocycles. The number of carbonyl (C=O) groups is 1. The number of aliphatic hydroxyl groups excluding tert-OH is 1. The first-order valence-electron chi connectivity index (χ1n) is 6.80. The molecule has 1 atom stereocenters. The van der Waals surface area contributed by atoms with E-state index in [-0.39, 0.29) is 18.1 Å². The summed E-state index contributed by atoms with van der Waals surface area (Å²) in [5, 5.41) is 16.1. The third-order valence-electron chi connectivity index (χ3n) is 3.83. The van der Waals surface area contributed by atoms with Crippen molar-refractivity contribution >= 4 is 17.3 Å². The molecular weight excluding hydrogens is 242 g/mol. The predicted octanol–water partition coefficient (Wildman–Crippen LogP) is 0.876. The monoisotopic (exact) mass is 261 g/mol. The molecule has 102 valence electrons. The summed E-state index contributed by atoms with van der Waals surface area (Å²) in [6, 6.07) is 7.69. The zero-order valence-corrected chi connectivity index (χ0v) is 10.8. The first-order chi connectivity index (χ1) is 9.24. The highest BCUT2D eigenvalue weighted by molar-refractivity contribution is 5.88. The number of likely N-dealkylation sites (tertiary alicyclic amines) is 1. The molecule has 3 rings (SSSR count). The largest absolute Gasteiger partial charge is 0.393 e. The number of fused-ring (bicyclic) bond motifs is 1. The Morgan fingerprint density at radius 2 is 1.89 bits per heavy atom. The van der Waals surface area contributed by atoms with Crippen LogP contribution in [0.5, 0.6) is 0 Å². The van der Waals surface area contributed by atoms with Gasteiger partial charge in [-0.2, -0.15) is 0 Å². The molecule has 0 saturated carbocycles. The molecule has 1 fully saturated rings. The number of rotatable bonds is 1. The van der Waals surface area contributed by atoms with Gasteiger partial charge in [0.2, 0.25) is 5.91 Å². The predicted molar refractivity (Wildman–Crippen MR) is 74.2 cm³/mol. The number of nitrogens with zero attached hydrogens (tertiary/aromatic N) is 1. The van der Waals surface area contributed by atoms with E-state index in [1.165, 1.54) is 0 Å². The van der Waals surface area contributed by atoms with Crippen molar-refractivity contribution in [1.82, 2.24) is 4.90 Å². The lowest BCUT2D eigenvalue weighted by Gasteiger charge is -2.35. The summed E-state index contributed by atoms with van der Waals surface area (Å²) in [5.41, 5.74) is 2.02. The standard InChI is InChI=1S/C14H19N3O2/c18-10-5-7-17(8-6-10)14(19)13-9-15-11-3-1-2-4-12(11)16-13/h1-4,10,13,15-16,18H,5-9H2. The summed E-state index contributed by atoms with van der Waals surface area (Å²) < 4.78 is 0. The number of para-hydroxylation sites is 2. The molecule has 3 N–H and O–H groups in total. The maximum atomic E-state index is 12.4. The first-order valence-corrected chi connectivity index (χ1v) is 6.80. The lowest BCUT2D eigenvalue weighted by atomic mass is 10.1. The van der Waals surface area contributed by atoms with Crippen LogP contribution in [0.4, 0.5) is 11.4 Å². The molecule has 2 aliphatic rings. The number of anilines is 2. The maximum Gasteiger partial charge on any atom is 0.246 e. The fourth-order valence-corrected chi connectivity index (χ4v) is 2.67. The van der Waals surface area contributed by atoms with Gasteiger partial charge in [0.05, 0.1) is 17.5 Å². The number of benzene rings is 1. The smallest absolute Gasteiger partial charge is 0.246 e. The Morgan fingerprint density at radius 1 is 1.21 bits per heavy atom. The number of amides is 1. The van der Waals surface area contributed by atoms with Crippen molar-refractivity contribution in [3.8, 4) is 0 Å². The fraction of sp³-hybridized carbons (Fsp3) is 0.500. The van der Waals surface area contributed by atoms with Gasteiger partial charge in [-0.05, 0) is 25.0 Å². The van der Waals surface area contributed by atoms with E-state index in [4.69, 9.17) is 0 Å². The molecule has 0 aliphatic carbocycles. The van der Waals surface area contributed by atoms with Gasteiger partial charge in [0, 0.05) is 19.6 Å². The quantitative estimate of drug-likeness (QED) is 0.702. The number of nitrogens with one attached hydrogen (secondary N) is 2. The van der Waals surface area contributed by atoms with Crippen molar-refractivity contribution in [2.75, 3.05) is 30.3 Å². The zero-order valence-electron chi connectivity index (χ0n) is 10.8. The summed E-state index contributed by atoms with van der Waals surface area (Å²) in [5.74, 6) is 0.119. The highest BCUT2D eigenvalue weighted by Crippen LogP contribution is 2.26. The minimum absolute atomic E-state index is 0.119. The van der Waals surface area contributed by atoms with Crippen molar-refractivity contribution < 1.29 is 9.90 Å². The second-order valence-corrected chi connectivity index (χ2v) is 5.18. The molecular formula is C14H19N3O2. The summed E-state index contributed by atoms with van der Waals surface area (Å²) >= 11 is 0. The molecule has 0 bridgehead atoms. The lowest BCUT2D eigenvalue weighted by molar-refractivity contribution is -0.133. The molecule has 1 amide bonds. The Morgan fingerprint density at radius 3 is 2.63 bits per heavy atom. The maximum absolute atomic E-state index is 12.4. The molecule has 0 aromatic heterocycles. The lowest BCUT2D eigenvalue weighted by Crippen LogP contribution is -2.50. The number of piperidine rings is 1. The third kappa shape index (κ3) is 2.51. The number of hydrogen-bond donors (Lipinski definition) is 3. The molecule has 5 heteroatoms. The number of aliphatic hydroxyl groups is 1. The topological polar surface area (TPSA) is 64.6 Å². The molecule has 2 aliphatic heterocycles. The van der Waals surface area contributed by atoms with Crippen LogP contribution < -0.4 is 10.6 Å². The Hall–Kier alpha value is -1.75. The van der Waals surface area contributed by atoms with Crippen LogP contribution in [0, 0.1) is 0 Å². The summed E-state index contributed by atoms with van der Waals surface area (Å²) in [6.07, 6.45) is 1.12. The molecule has 5 nitrogen and oxygen atoms in total. The van der Waals surface area contributed by atoms with Gasteiger partial charge in [-0.1, -0.05) is 12.1 Å². The SMILES string of the molecule is O=C(C1CNc2ccccc2N1)N1CCC(O)CC1. The van der Waals surface area contributed by atoms with Crippen LogP contribution in [0.3, 0.4) is 0 Å². The molecule has 0 radical (unpaired) electrons. The minimum atomic E-state index is -0.248. The highest BCUT2D eigenvalue weighted by Gasteiger charge is 2.29. The van der Waals surface area contributed by atoms with E-state index in [0.717, 1.165) is 11.4 Å². The second-order valence-electron chi connectivity index (χ2n) is 5.18. The van der Waals surface area contributed by atoms with Gasteiger partial charge in [0.25, 0.3) is 0 Å². The van der Waals surface area contributed by atoms with Crippen molar-refractivity contribution in [2.45, 2.75) is 25.0 Å². The van der Waals surface area contributed by atoms with Gasteiger partial charge in [0.15, 0.2) is 0 Å². The average Bonchev–Trinajstić information content (AvgIpc) is 2.47. The van der Waals surface area contributed by atoms with Gasteiger partial charge < -0.3 is 20.6 Å². The van der Waals surface area contributed by atoms with Crippen LogP contribution in [0.25, 0.3) is 0 Å². The molecule has 2 heterocycles. The van der Waals surface area contributed by atoms with E-state index in [1.807, 2.05) is 29.2 Å². The van der Waals surface area contributed by atoms with E-state index in [0.29, 0.717) is 32.5 Å². The van der Waals surface area contributed by atoms with E-state index in [9.17, 15) is 9.90 Å². The van der Waals surface area contributed by atoms with E-state index >= 15 is 0 Å². The molecule has 1 aromatic rings. The van der Waals surface area contributed by atoms with Gasteiger partial charge >= 0.3 is 0 Å². The van der Waals surface area contributed by atoms with Crippen LogP contribution in [0.15, 0.2) is 24.3 Å². The van der Waals surface area contributed by atoms with Crippen LogP contribution in [0.1, 0.15) is 12.8 Å². The van der Waals surface area contributed by atoms with Crippen LogP contribution in [-0.4, -0.2) is 47.7 Å². The summed E-state index contributed by atoms with van der Waals surface area (Å²) in [7, 11) is 0. The van der Waals surface area contributed by atoms with E-state index in [2.05, 4.69) is 10.6 Å². The average molecular weight is 261 g/mol. The Balaban J connectivity index is 1.66. The van der Waals surface area contributed by atoms with Crippen molar-refractivity contribution in [1.29, 1.82) is 0 Å². The van der Waals surface area contributed by atoms with Crippen molar-refractivity contribution in [3.05, 3.63) is 24.3 Å². The highest BCUT2D eigenvalue weighted by atomic mass is 16.3. The summed E-state index contributed by atoms with van der Waals surface area (Å²) in [4.78, 5) is 14.3. The second kappa shape index (κ2) is 5.09. The Kier molecular flexibility index (Phi) is 3.29. The third-order valence-corrected chi connectivity index (χ3v) is 3.83. The van der Waals surface area contributed by atoms with E-state index in [1.54, 1.807) is 0 Å². The normalized spacial score (nSPS) is 23.2. The van der Waals surface area contributed by atoms with E-state index < -0.39 is 0 Å². The van der Waals surface area contributed by atoms with Gasteiger partial charge in [0.1, 0.15) is 6.04 Å². The molecule has 19 heavy (non-hydrogen) atoms. The Labute approximate surface area is 112 Å². The van der Waals surface area contributed by atoms with Crippen LogP contribution in [-0.2, 0) is 4.79 Å². The fourth-order valence-electron chi connectivity index (χ4n) is 2.67. The van der Waals surface area contributed by atoms with Gasteiger partial charge in [-0.25, -0.2) is 0 Å². The molecule has 1 unspecified atom stereocenters.